The van der Waals surface area contributed by atoms with E-state index >= 15 is 0 Å². The van der Waals surface area contributed by atoms with Gasteiger partial charge in [0.15, 0.2) is 5.69 Å². The summed E-state index contributed by atoms with van der Waals surface area (Å²) in [5.41, 5.74) is 0.720. The SMILES string of the molecule is CC(C)(C)c1ncc(NC(=O)c2cn(C3CCNCC3)nn2)cn1.Cl. The maximum atomic E-state index is 12.3. The number of anilines is 1. The Morgan fingerprint density at radius 3 is 2.48 bits per heavy atom. The van der Waals surface area contributed by atoms with E-state index in [1.165, 1.54) is 0 Å². The fraction of sp³-hybridized carbons (Fsp3) is 0.562. The van der Waals surface area contributed by atoms with Crippen LogP contribution in [-0.2, 0) is 5.41 Å². The first-order valence-electron chi connectivity index (χ1n) is 8.20. The third-order valence-corrected chi connectivity index (χ3v) is 4.01. The molecule has 0 bridgehead atoms. The van der Waals surface area contributed by atoms with Crippen molar-refractivity contribution in [1.29, 1.82) is 0 Å². The van der Waals surface area contributed by atoms with Gasteiger partial charge in [-0.1, -0.05) is 26.0 Å². The maximum absolute atomic E-state index is 12.3. The Kier molecular flexibility index (Phi) is 6.07. The lowest BCUT2D eigenvalue weighted by molar-refractivity contribution is 0.102. The van der Waals surface area contributed by atoms with Crippen LogP contribution in [0.25, 0.3) is 0 Å². The van der Waals surface area contributed by atoms with Crippen LogP contribution in [0.5, 0.6) is 0 Å². The second-order valence-electron chi connectivity index (χ2n) is 7.06. The zero-order valence-corrected chi connectivity index (χ0v) is 15.5. The van der Waals surface area contributed by atoms with Gasteiger partial charge in [0.25, 0.3) is 5.91 Å². The molecule has 9 heteroatoms. The molecule has 2 N–H and O–H groups in total. The molecule has 2 aromatic rings. The molecule has 0 aromatic carbocycles. The third-order valence-electron chi connectivity index (χ3n) is 4.01. The van der Waals surface area contributed by atoms with Crippen molar-refractivity contribution in [2.45, 2.75) is 45.1 Å². The molecule has 1 aliphatic heterocycles. The van der Waals surface area contributed by atoms with Crippen LogP contribution in [0.2, 0.25) is 0 Å². The minimum Gasteiger partial charge on any atom is -0.318 e. The molecule has 0 unspecified atom stereocenters. The molecule has 3 heterocycles. The largest absolute Gasteiger partial charge is 0.318 e. The Balaban J connectivity index is 0.00000225. The Bertz CT molecular complexity index is 702. The molecule has 1 amide bonds. The highest BCUT2D eigenvalue weighted by Crippen LogP contribution is 2.19. The molecule has 8 nitrogen and oxygen atoms in total. The van der Waals surface area contributed by atoms with Crippen molar-refractivity contribution in [2.75, 3.05) is 18.4 Å². The second kappa shape index (κ2) is 7.88. The Morgan fingerprint density at radius 2 is 1.88 bits per heavy atom. The van der Waals surface area contributed by atoms with Gasteiger partial charge in [-0.25, -0.2) is 14.6 Å². The average Bonchev–Trinajstić information content (AvgIpc) is 3.05. The number of hydrogen-bond acceptors (Lipinski definition) is 6. The van der Waals surface area contributed by atoms with E-state index in [0.717, 1.165) is 31.8 Å². The first-order valence-corrected chi connectivity index (χ1v) is 8.20. The first-order chi connectivity index (χ1) is 11.4. The Labute approximate surface area is 153 Å². The molecule has 0 radical (unpaired) electrons. The number of piperidine rings is 1. The fourth-order valence-corrected chi connectivity index (χ4v) is 2.61. The van der Waals surface area contributed by atoms with Crippen LogP contribution in [0, 0.1) is 0 Å². The standard InChI is InChI=1S/C16H23N7O.ClH/c1-16(2,3)15-18-8-11(9-19-15)20-14(24)13-10-23(22-21-13)12-4-6-17-7-5-12;/h8-10,12,17H,4-7H2,1-3H3,(H,20,24);1H. The number of halogens is 1. The lowest BCUT2D eigenvalue weighted by Gasteiger charge is -2.22. The topological polar surface area (TPSA) is 97.6 Å². The zero-order chi connectivity index (χ0) is 17.2. The summed E-state index contributed by atoms with van der Waals surface area (Å²) in [7, 11) is 0. The van der Waals surface area contributed by atoms with E-state index < -0.39 is 0 Å². The number of carbonyl (C=O) groups excluding carboxylic acids is 1. The van der Waals surface area contributed by atoms with Crippen molar-refractivity contribution >= 4 is 24.0 Å². The highest BCUT2D eigenvalue weighted by atomic mass is 35.5. The average molecular weight is 366 g/mol. The molecular formula is C16H24ClN7O. The summed E-state index contributed by atoms with van der Waals surface area (Å²) in [4.78, 5) is 20.9. The molecule has 0 aliphatic carbocycles. The lowest BCUT2D eigenvalue weighted by atomic mass is 9.96. The van der Waals surface area contributed by atoms with E-state index in [1.54, 1.807) is 23.3 Å². The minimum absolute atomic E-state index is 0. The van der Waals surface area contributed by atoms with Crippen molar-refractivity contribution in [1.82, 2.24) is 30.3 Å². The van der Waals surface area contributed by atoms with E-state index in [4.69, 9.17) is 0 Å². The Hall–Kier alpha value is -2.06. The van der Waals surface area contributed by atoms with E-state index in [0.29, 0.717) is 17.4 Å². The summed E-state index contributed by atoms with van der Waals surface area (Å²) in [5.74, 6) is 0.430. The molecular weight excluding hydrogens is 342 g/mol. The van der Waals surface area contributed by atoms with Crippen molar-refractivity contribution < 1.29 is 4.79 Å². The lowest BCUT2D eigenvalue weighted by Crippen LogP contribution is -2.29. The number of carbonyl (C=O) groups is 1. The number of hydrogen-bond donors (Lipinski definition) is 2. The number of rotatable bonds is 3. The molecule has 3 rings (SSSR count). The van der Waals surface area contributed by atoms with Crippen molar-refractivity contribution in [3.8, 4) is 0 Å². The molecule has 0 spiro atoms. The summed E-state index contributed by atoms with van der Waals surface area (Å²) in [6, 6.07) is 0.301. The monoisotopic (exact) mass is 365 g/mol. The number of nitrogens with zero attached hydrogens (tertiary/aromatic N) is 5. The predicted molar refractivity (Wildman–Crippen MR) is 97.1 cm³/mol. The highest BCUT2D eigenvalue weighted by molar-refractivity contribution is 6.02. The molecule has 1 aliphatic rings. The molecule has 0 atom stereocenters. The normalized spacial score (nSPS) is 15.5. The summed E-state index contributed by atoms with van der Waals surface area (Å²) < 4.78 is 1.79. The number of aromatic nitrogens is 5. The van der Waals surface area contributed by atoms with Gasteiger partial charge in [0, 0.05) is 5.41 Å². The number of amides is 1. The van der Waals surface area contributed by atoms with Gasteiger partial charge < -0.3 is 10.6 Å². The van der Waals surface area contributed by atoms with Crippen LogP contribution in [0.3, 0.4) is 0 Å². The van der Waals surface area contributed by atoms with Crippen LogP contribution in [0.15, 0.2) is 18.6 Å². The van der Waals surface area contributed by atoms with Gasteiger partial charge in [0.1, 0.15) is 5.82 Å². The summed E-state index contributed by atoms with van der Waals surface area (Å²) in [6.45, 7) is 8.05. The van der Waals surface area contributed by atoms with Crippen LogP contribution in [0.4, 0.5) is 5.69 Å². The van der Waals surface area contributed by atoms with Gasteiger partial charge in [-0.2, -0.15) is 0 Å². The van der Waals surface area contributed by atoms with Crippen LogP contribution < -0.4 is 10.6 Å². The van der Waals surface area contributed by atoms with Crippen molar-refractivity contribution in [3.05, 3.63) is 30.1 Å². The van der Waals surface area contributed by atoms with Gasteiger partial charge in [0.05, 0.1) is 30.3 Å². The van der Waals surface area contributed by atoms with Gasteiger partial charge in [-0.15, -0.1) is 17.5 Å². The highest BCUT2D eigenvalue weighted by Gasteiger charge is 2.20. The molecule has 1 fully saturated rings. The minimum atomic E-state index is -0.303. The predicted octanol–water partition coefficient (Wildman–Crippen LogP) is 1.96. The molecule has 1 saturated heterocycles. The molecule has 2 aromatic heterocycles. The van der Waals surface area contributed by atoms with Crippen LogP contribution in [-0.4, -0.2) is 44.0 Å². The number of nitrogens with one attached hydrogen (secondary N) is 2. The fourth-order valence-electron chi connectivity index (χ4n) is 2.61. The molecule has 0 saturated carbocycles. The zero-order valence-electron chi connectivity index (χ0n) is 14.7. The third kappa shape index (κ3) is 4.73. The van der Waals surface area contributed by atoms with Crippen LogP contribution >= 0.6 is 12.4 Å². The van der Waals surface area contributed by atoms with E-state index in [2.05, 4.69) is 30.9 Å². The second-order valence-corrected chi connectivity index (χ2v) is 7.06. The quantitative estimate of drug-likeness (QED) is 0.862. The first kappa shape index (κ1) is 19.3. The van der Waals surface area contributed by atoms with Crippen molar-refractivity contribution in [2.24, 2.45) is 0 Å². The molecule has 25 heavy (non-hydrogen) atoms. The molecule has 136 valence electrons. The van der Waals surface area contributed by atoms with Crippen LogP contribution in [0.1, 0.15) is 56.0 Å². The van der Waals surface area contributed by atoms with E-state index in [-0.39, 0.29) is 23.7 Å². The Morgan fingerprint density at radius 1 is 1.24 bits per heavy atom. The van der Waals surface area contributed by atoms with Gasteiger partial charge in [-0.3, -0.25) is 4.79 Å². The summed E-state index contributed by atoms with van der Waals surface area (Å²) in [5, 5.41) is 14.1. The maximum Gasteiger partial charge on any atom is 0.277 e. The summed E-state index contributed by atoms with van der Waals surface area (Å²) >= 11 is 0. The van der Waals surface area contributed by atoms with Gasteiger partial charge in [-0.05, 0) is 25.9 Å². The van der Waals surface area contributed by atoms with E-state index in [1.807, 2.05) is 20.8 Å². The summed E-state index contributed by atoms with van der Waals surface area (Å²) in [6.07, 6.45) is 6.92. The van der Waals surface area contributed by atoms with E-state index in [9.17, 15) is 4.79 Å². The van der Waals surface area contributed by atoms with Crippen molar-refractivity contribution in [3.63, 3.8) is 0 Å². The van der Waals surface area contributed by atoms with Gasteiger partial charge >= 0.3 is 0 Å². The van der Waals surface area contributed by atoms with Gasteiger partial charge in [0.2, 0.25) is 0 Å². The smallest absolute Gasteiger partial charge is 0.277 e.